The molecular formula is C28H35N4O2. The highest BCUT2D eigenvalue weighted by atomic mass is 16.5. The molecule has 1 aliphatic rings. The van der Waals surface area contributed by atoms with E-state index in [4.69, 9.17) is 9.72 Å². The van der Waals surface area contributed by atoms with Gasteiger partial charge in [-0.15, -0.1) is 0 Å². The normalized spacial score (nSPS) is 16.1. The molecule has 3 aromatic rings. The molecule has 34 heavy (non-hydrogen) atoms. The first kappa shape index (κ1) is 24.0. The molecule has 0 bridgehead atoms. The number of anilines is 1. The number of amides is 1. The Bertz CT molecular complexity index is 1070. The SMILES string of the molecule is COc1ccc(-c2cc(NCCCN(C)CCC3CCCCN3[C]=O)c3ccccc3n2)cc1. The van der Waals surface area contributed by atoms with E-state index in [1.165, 1.54) is 6.42 Å². The highest BCUT2D eigenvalue weighted by Gasteiger charge is 2.21. The van der Waals surface area contributed by atoms with Gasteiger partial charge in [0.2, 0.25) is 0 Å². The minimum atomic E-state index is 0.353. The maximum absolute atomic E-state index is 11.2. The van der Waals surface area contributed by atoms with Crippen molar-refractivity contribution in [2.45, 2.75) is 38.1 Å². The van der Waals surface area contributed by atoms with E-state index in [0.717, 1.165) is 85.5 Å². The van der Waals surface area contributed by atoms with Crippen LogP contribution in [-0.4, -0.2) is 67.6 Å². The smallest absolute Gasteiger partial charge is 0.312 e. The van der Waals surface area contributed by atoms with Crippen LogP contribution in [0.1, 0.15) is 32.1 Å². The summed E-state index contributed by atoms with van der Waals surface area (Å²) in [6, 6.07) is 18.8. The molecule has 1 amide bonds. The lowest BCUT2D eigenvalue weighted by Gasteiger charge is -2.33. The molecule has 1 aliphatic heterocycles. The topological polar surface area (TPSA) is 57.7 Å². The molecule has 1 aromatic heterocycles. The second-order valence-electron chi connectivity index (χ2n) is 9.11. The van der Waals surface area contributed by atoms with Gasteiger partial charge in [0.25, 0.3) is 0 Å². The Morgan fingerprint density at radius 2 is 1.97 bits per heavy atom. The van der Waals surface area contributed by atoms with Crippen molar-refractivity contribution in [3.8, 4) is 17.0 Å². The minimum absolute atomic E-state index is 0.353. The molecule has 4 rings (SSSR count). The maximum Gasteiger partial charge on any atom is 0.312 e. The molecule has 0 aliphatic carbocycles. The van der Waals surface area contributed by atoms with E-state index in [0.29, 0.717) is 6.04 Å². The van der Waals surface area contributed by atoms with E-state index >= 15 is 0 Å². The molecule has 2 heterocycles. The summed E-state index contributed by atoms with van der Waals surface area (Å²) in [5, 5.41) is 4.78. The third kappa shape index (κ3) is 6.06. The third-order valence-corrected chi connectivity index (χ3v) is 6.72. The number of likely N-dealkylation sites (tertiary alicyclic amines) is 1. The summed E-state index contributed by atoms with van der Waals surface area (Å²) in [5.41, 5.74) is 4.11. The second-order valence-corrected chi connectivity index (χ2v) is 9.11. The predicted molar refractivity (Wildman–Crippen MR) is 139 cm³/mol. The van der Waals surface area contributed by atoms with Crippen molar-refractivity contribution in [1.82, 2.24) is 14.8 Å². The van der Waals surface area contributed by atoms with Crippen LogP contribution in [0.4, 0.5) is 5.69 Å². The molecule has 1 radical (unpaired) electrons. The molecule has 179 valence electrons. The minimum Gasteiger partial charge on any atom is -0.497 e. The van der Waals surface area contributed by atoms with Gasteiger partial charge < -0.3 is 19.9 Å². The van der Waals surface area contributed by atoms with Crippen LogP contribution in [0, 0.1) is 0 Å². The molecule has 1 atom stereocenters. The lowest BCUT2D eigenvalue weighted by Crippen LogP contribution is -2.40. The number of aromatic nitrogens is 1. The predicted octanol–water partition coefficient (Wildman–Crippen LogP) is 4.96. The number of methoxy groups -OCH3 is 1. The van der Waals surface area contributed by atoms with Gasteiger partial charge in [0, 0.05) is 35.8 Å². The van der Waals surface area contributed by atoms with Gasteiger partial charge in [-0.25, -0.2) is 4.98 Å². The highest BCUT2D eigenvalue weighted by Crippen LogP contribution is 2.29. The Balaban J connectivity index is 1.34. The number of hydrogen-bond acceptors (Lipinski definition) is 5. The Kier molecular flexibility index (Phi) is 8.36. The largest absolute Gasteiger partial charge is 0.497 e. The number of ether oxygens (including phenoxy) is 1. The standard InChI is InChI=1S/C28H35N4O2/c1-31(19-15-23-8-5-6-18-32(23)21-33)17-7-16-29-28-20-27(22-11-13-24(34-2)14-12-22)30-26-10-4-3-9-25(26)28/h3-4,9-14,20,23H,5-8,15-19H2,1-2H3,(H,29,30). The van der Waals surface area contributed by atoms with E-state index < -0.39 is 0 Å². The first-order valence-electron chi connectivity index (χ1n) is 12.3. The van der Waals surface area contributed by atoms with Crippen LogP contribution in [0.15, 0.2) is 54.6 Å². The number of carbonyl (C=O) groups excluding carboxylic acids is 1. The summed E-state index contributed by atoms with van der Waals surface area (Å²) in [6.07, 6.45) is 7.63. The first-order valence-corrected chi connectivity index (χ1v) is 12.3. The summed E-state index contributed by atoms with van der Waals surface area (Å²) in [4.78, 5) is 20.3. The van der Waals surface area contributed by atoms with Crippen molar-refractivity contribution in [2.75, 3.05) is 45.7 Å². The zero-order valence-electron chi connectivity index (χ0n) is 20.3. The van der Waals surface area contributed by atoms with Crippen LogP contribution in [0.5, 0.6) is 5.75 Å². The van der Waals surface area contributed by atoms with Crippen LogP contribution < -0.4 is 10.1 Å². The van der Waals surface area contributed by atoms with Crippen LogP contribution >= 0.6 is 0 Å². The molecule has 6 nitrogen and oxygen atoms in total. The van der Waals surface area contributed by atoms with Crippen LogP contribution in [0.3, 0.4) is 0 Å². The Hall–Kier alpha value is -3.12. The molecule has 1 unspecified atom stereocenters. The number of hydrogen-bond donors (Lipinski definition) is 1. The van der Waals surface area contributed by atoms with Crippen LogP contribution in [0.25, 0.3) is 22.2 Å². The molecule has 0 spiro atoms. The molecule has 1 N–H and O–H groups in total. The van der Waals surface area contributed by atoms with Gasteiger partial charge in [-0.2, -0.15) is 0 Å². The average Bonchev–Trinajstić information content (AvgIpc) is 2.89. The number of benzene rings is 2. The monoisotopic (exact) mass is 459 g/mol. The molecular weight excluding hydrogens is 424 g/mol. The van der Waals surface area contributed by atoms with Crippen LogP contribution in [-0.2, 0) is 4.79 Å². The lowest BCUT2D eigenvalue weighted by atomic mass is 10.00. The number of rotatable bonds is 11. The number of para-hydroxylation sites is 1. The Labute approximate surface area is 202 Å². The van der Waals surface area contributed by atoms with Crippen molar-refractivity contribution in [1.29, 1.82) is 0 Å². The molecule has 0 saturated carbocycles. The number of fused-ring (bicyclic) bond motifs is 1. The van der Waals surface area contributed by atoms with Gasteiger partial charge in [-0.1, -0.05) is 18.2 Å². The fraction of sp³-hybridized carbons (Fsp3) is 0.429. The maximum atomic E-state index is 11.2. The van der Waals surface area contributed by atoms with Gasteiger partial charge in [-0.3, -0.25) is 4.79 Å². The van der Waals surface area contributed by atoms with E-state index in [2.05, 4.69) is 47.9 Å². The highest BCUT2D eigenvalue weighted by molar-refractivity contribution is 5.93. The quantitative estimate of drug-likeness (QED) is 0.411. The van der Waals surface area contributed by atoms with Gasteiger partial charge in [0.05, 0.1) is 18.3 Å². The van der Waals surface area contributed by atoms with Crippen molar-refractivity contribution >= 4 is 23.0 Å². The number of nitrogens with one attached hydrogen (secondary N) is 1. The Morgan fingerprint density at radius 1 is 1.15 bits per heavy atom. The number of piperidine rings is 1. The van der Waals surface area contributed by atoms with E-state index in [1.807, 2.05) is 35.2 Å². The molecule has 1 saturated heterocycles. The molecule has 1 fully saturated rings. The van der Waals surface area contributed by atoms with Gasteiger partial charge in [0.15, 0.2) is 0 Å². The van der Waals surface area contributed by atoms with Gasteiger partial charge >= 0.3 is 6.41 Å². The number of nitrogens with zero attached hydrogens (tertiary/aromatic N) is 3. The van der Waals surface area contributed by atoms with E-state index in [1.54, 1.807) is 7.11 Å². The average molecular weight is 460 g/mol. The van der Waals surface area contributed by atoms with Crippen LogP contribution in [0.2, 0.25) is 0 Å². The van der Waals surface area contributed by atoms with Crippen molar-refractivity contribution in [3.63, 3.8) is 0 Å². The fourth-order valence-corrected chi connectivity index (χ4v) is 4.71. The van der Waals surface area contributed by atoms with Gasteiger partial charge in [-0.05, 0) is 88.6 Å². The van der Waals surface area contributed by atoms with Gasteiger partial charge in [0.1, 0.15) is 5.75 Å². The summed E-state index contributed by atoms with van der Waals surface area (Å²) >= 11 is 0. The second kappa shape index (κ2) is 11.8. The summed E-state index contributed by atoms with van der Waals surface area (Å²) in [6.45, 7) is 3.76. The third-order valence-electron chi connectivity index (χ3n) is 6.72. The van der Waals surface area contributed by atoms with E-state index in [-0.39, 0.29) is 0 Å². The van der Waals surface area contributed by atoms with Crippen molar-refractivity contribution in [2.24, 2.45) is 0 Å². The Morgan fingerprint density at radius 3 is 2.76 bits per heavy atom. The summed E-state index contributed by atoms with van der Waals surface area (Å²) in [5.74, 6) is 0.840. The molecule has 6 heteroatoms. The zero-order chi connectivity index (χ0) is 23.8. The fourth-order valence-electron chi connectivity index (χ4n) is 4.71. The molecule has 2 aromatic carbocycles. The lowest BCUT2D eigenvalue weighted by molar-refractivity contribution is 0.197. The van der Waals surface area contributed by atoms with Crippen molar-refractivity contribution < 1.29 is 9.53 Å². The van der Waals surface area contributed by atoms with E-state index in [9.17, 15) is 4.79 Å². The van der Waals surface area contributed by atoms with Crippen molar-refractivity contribution in [3.05, 3.63) is 54.6 Å². The first-order chi connectivity index (χ1) is 16.7. The summed E-state index contributed by atoms with van der Waals surface area (Å²) < 4.78 is 5.29. The summed E-state index contributed by atoms with van der Waals surface area (Å²) in [7, 11) is 3.85. The zero-order valence-corrected chi connectivity index (χ0v) is 20.3. The number of pyridine rings is 1.